The molecular formula is C18H14N4O3S. The van der Waals surface area contributed by atoms with Crippen LogP contribution >= 0.6 is 11.3 Å². The summed E-state index contributed by atoms with van der Waals surface area (Å²) in [6, 6.07) is 12.5. The van der Waals surface area contributed by atoms with Gasteiger partial charge in [-0.15, -0.1) is 11.3 Å². The number of nitrogens with one attached hydrogen (secondary N) is 1. The second-order valence-electron chi connectivity index (χ2n) is 5.74. The highest BCUT2D eigenvalue weighted by atomic mass is 32.1. The van der Waals surface area contributed by atoms with E-state index in [0.717, 1.165) is 4.88 Å². The number of amides is 1. The predicted octanol–water partition coefficient (Wildman–Crippen LogP) is 2.91. The molecule has 0 aliphatic carbocycles. The Hall–Kier alpha value is -3.26. The number of aromatic nitrogens is 3. The molecule has 4 aromatic rings. The third-order valence-corrected chi connectivity index (χ3v) is 4.77. The summed E-state index contributed by atoms with van der Waals surface area (Å²) in [5.41, 5.74) is 0.570. The fraction of sp³-hybridized carbons (Fsp3) is 0.111. The molecule has 26 heavy (non-hydrogen) atoms. The third kappa shape index (κ3) is 3.02. The Morgan fingerprint density at radius 3 is 2.92 bits per heavy atom. The lowest BCUT2D eigenvalue weighted by atomic mass is 10.2. The van der Waals surface area contributed by atoms with Gasteiger partial charge in [0, 0.05) is 13.1 Å². The first-order valence-electron chi connectivity index (χ1n) is 7.86. The average molecular weight is 366 g/mol. The van der Waals surface area contributed by atoms with Gasteiger partial charge in [0.05, 0.1) is 22.3 Å². The van der Waals surface area contributed by atoms with Crippen molar-refractivity contribution in [1.82, 2.24) is 20.0 Å². The van der Waals surface area contributed by atoms with Gasteiger partial charge in [0.25, 0.3) is 11.5 Å². The minimum absolute atomic E-state index is 0.153. The van der Waals surface area contributed by atoms with E-state index in [2.05, 4.69) is 15.1 Å². The van der Waals surface area contributed by atoms with Gasteiger partial charge in [-0.1, -0.05) is 23.4 Å². The number of benzene rings is 1. The number of hydrogen-bond acceptors (Lipinski definition) is 6. The van der Waals surface area contributed by atoms with Crippen LogP contribution in [0.15, 0.2) is 57.2 Å². The maximum absolute atomic E-state index is 12.6. The number of aromatic amines is 1. The van der Waals surface area contributed by atoms with Crippen molar-refractivity contribution in [1.29, 1.82) is 0 Å². The molecule has 0 unspecified atom stereocenters. The van der Waals surface area contributed by atoms with Gasteiger partial charge < -0.3 is 14.4 Å². The van der Waals surface area contributed by atoms with Crippen LogP contribution in [0.3, 0.4) is 0 Å². The minimum atomic E-state index is -0.313. The minimum Gasteiger partial charge on any atom is -0.355 e. The molecular weight excluding hydrogens is 352 g/mol. The van der Waals surface area contributed by atoms with E-state index >= 15 is 0 Å². The summed E-state index contributed by atoms with van der Waals surface area (Å²) in [5.74, 6) is 0.646. The summed E-state index contributed by atoms with van der Waals surface area (Å²) < 4.78 is 5.25. The van der Waals surface area contributed by atoms with Crippen LogP contribution in [0.25, 0.3) is 21.5 Å². The van der Waals surface area contributed by atoms with E-state index in [1.165, 1.54) is 16.2 Å². The molecule has 0 aliphatic rings. The van der Waals surface area contributed by atoms with Crippen molar-refractivity contribution >= 4 is 28.1 Å². The molecule has 0 spiro atoms. The summed E-state index contributed by atoms with van der Waals surface area (Å²) in [6.07, 6.45) is 0. The Morgan fingerprint density at radius 1 is 1.27 bits per heavy atom. The van der Waals surface area contributed by atoms with Gasteiger partial charge in [0.1, 0.15) is 5.82 Å². The van der Waals surface area contributed by atoms with Crippen molar-refractivity contribution in [2.45, 2.75) is 6.54 Å². The number of carbonyl (C=O) groups is 1. The molecule has 7 nitrogen and oxygen atoms in total. The lowest BCUT2D eigenvalue weighted by Gasteiger charge is -2.14. The first kappa shape index (κ1) is 16.2. The van der Waals surface area contributed by atoms with E-state index < -0.39 is 0 Å². The van der Waals surface area contributed by atoms with Crippen LogP contribution in [-0.2, 0) is 6.54 Å². The zero-order chi connectivity index (χ0) is 18.1. The first-order valence-corrected chi connectivity index (χ1v) is 8.74. The van der Waals surface area contributed by atoms with E-state index in [-0.39, 0.29) is 23.7 Å². The van der Waals surface area contributed by atoms with Gasteiger partial charge in [-0.05, 0) is 23.6 Å². The van der Waals surface area contributed by atoms with Crippen molar-refractivity contribution in [3.63, 3.8) is 0 Å². The topological polar surface area (TPSA) is 92.1 Å². The Kier molecular flexibility index (Phi) is 4.10. The summed E-state index contributed by atoms with van der Waals surface area (Å²) in [7, 11) is 1.62. The zero-order valence-electron chi connectivity index (χ0n) is 13.8. The maximum atomic E-state index is 12.6. The van der Waals surface area contributed by atoms with Crippen LogP contribution in [0.5, 0.6) is 0 Å². The van der Waals surface area contributed by atoms with E-state index in [1.807, 2.05) is 23.6 Å². The van der Waals surface area contributed by atoms with Crippen LogP contribution in [-0.4, -0.2) is 33.0 Å². The SMILES string of the molecule is CN(Cc1nc2ccccc2c(=O)[nH]1)C(=O)c1cc(-c2cccs2)on1. The maximum Gasteiger partial charge on any atom is 0.276 e. The molecule has 3 aromatic heterocycles. The predicted molar refractivity (Wildman–Crippen MR) is 98.0 cm³/mol. The smallest absolute Gasteiger partial charge is 0.276 e. The molecule has 4 rings (SSSR count). The fourth-order valence-electron chi connectivity index (χ4n) is 2.61. The Bertz CT molecular complexity index is 1130. The van der Waals surface area contributed by atoms with E-state index in [9.17, 15) is 9.59 Å². The molecule has 1 amide bonds. The second kappa shape index (κ2) is 6.57. The van der Waals surface area contributed by atoms with E-state index in [4.69, 9.17) is 4.52 Å². The van der Waals surface area contributed by atoms with E-state index in [0.29, 0.717) is 22.5 Å². The highest BCUT2D eigenvalue weighted by Crippen LogP contribution is 2.25. The number of fused-ring (bicyclic) bond motifs is 1. The summed E-state index contributed by atoms with van der Waals surface area (Å²) in [5, 5.41) is 6.29. The molecule has 8 heteroatoms. The van der Waals surface area contributed by atoms with Crippen LogP contribution in [0.1, 0.15) is 16.3 Å². The zero-order valence-corrected chi connectivity index (χ0v) is 14.6. The summed E-state index contributed by atoms with van der Waals surface area (Å²) in [6.45, 7) is 0.153. The second-order valence-corrected chi connectivity index (χ2v) is 6.69. The number of thiophene rings is 1. The standard InChI is InChI=1S/C18H14N4O3S/c1-22(10-16-19-12-6-3-2-5-11(12)17(23)20-16)18(24)13-9-14(25-21-13)15-7-4-8-26-15/h2-9H,10H2,1H3,(H,19,20,23). The average Bonchev–Trinajstić information content (AvgIpc) is 3.32. The third-order valence-electron chi connectivity index (χ3n) is 3.89. The number of para-hydroxylation sites is 1. The number of hydrogen-bond donors (Lipinski definition) is 1. The normalized spacial score (nSPS) is 11.0. The van der Waals surface area contributed by atoms with Crippen molar-refractivity contribution in [3.05, 3.63) is 69.7 Å². The fourth-order valence-corrected chi connectivity index (χ4v) is 3.29. The van der Waals surface area contributed by atoms with Gasteiger partial charge in [0.2, 0.25) is 0 Å². The summed E-state index contributed by atoms with van der Waals surface area (Å²) in [4.78, 5) is 34.2. The van der Waals surface area contributed by atoms with Crippen LogP contribution in [0.2, 0.25) is 0 Å². The van der Waals surface area contributed by atoms with Crippen LogP contribution in [0, 0.1) is 0 Å². The van der Waals surface area contributed by atoms with Gasteiger partial charge in [0.15, 0.2) is 11.5 Å². The van der Waals surface area contributed by atoms with Crippen molar-refractivity contribution in [2.75, 3.05) is 7.05 Å². The lowest BCUT2D eigenvalue weighted by molar-refractivity contribution is 0.0771. The monoisotopic (exact) mass is 366 g/mol. The van der Waals surface area contributed by atoms with Crippen LogP contribution in [0.4, 0.5) is 0 Å². The van der Waals surface area contributed by atoms with Gasteiger partial charge >= 0.3 is 0 Å². The number of nitrogens with zero attached hydrogens (tertiary/aromatic N) is 3. The molecule has 0 radical (unpaired) electrons. The molecule has 1 N–H and O–H groups in total. The summed E-state index contributed by atoms with van der Waals surface area (Å²) >= 11 is 1.51. The van der Waals surface area contributed by atoms with Crippen molar-refractivity contribution in [2.24, 2.45) is 0 Å². The Morgan fingerprint density at radius 2 is 2.12 bits per heavy atom. The van der Waals surface area contributed by atoms with Crippen LogP contribution < -0.4 is 5.56 Å². The molecule has 0 saturated carbocycles. The Labute approximate surface area is 151 Å². The quantitative estimate of drug-likeness (QED) is 0.599. The number of carbonyl (C=O) groups excluding carboxylic acids is 1. The van der Waals surface area contributed by atoms with E-state index in [1.54, 1.807) is 31.3 Å². The molecule has 0 aliphatic heterocycles. The number of H-pyrrole nitrogens is 1. The molecule has 0 atom stereocenters. The molecule has 3 heterocycles. The molecule has 130 valence electrons. The highest BCUT2D eigenvalue weighted by Gasteiger charge is 2.19. The first-order chi connectivity index (χ1) is 12.6. The Balaban J connectivity index is 1.55. The number of rotatable bonds is 4. The highest BCUT2D eigenvalue weighted by molar-refractivity contribution is 7.13. The largest absolute Gasteiger partial charge is 0.355 e. The van der Waals surface area contributed by atoms with Gasteiger partial charge in [-0.3, -0.25) is 9.59 Å². The van der Waals surface area contributed by atoms with Gasteiger partial charge in [-0.2, -0.15) is 0 Å². The molecule has 0 fully saturated rings. The molecule has 0 saturated heterocycles. The van der Waals surface area contributed by atoms with Crippen molar-refractivity contribution in [3.8, 4) is 10.6 Å². The molecule has 0 bridgehead atoms. The van der Waals surface area contributed by atoms with Gasteiger partial charge in [-0.25, -0.2) is 4.98 Å². The van der Waals surface area contributed by atoms with Crippen molar-refractivity contribution < 1.29 is 9.32 Å². The molecule has 1 aromatic carbocycles. The lowest BCUT2D eigenvalue weighted by Crippen LogP contribution is -2.28.